The third-order valence-corrected chi connectivity index (χ3v) is 14.4. The molecule has 16 N–H and O–H groups in total. The van der Waals surface area contributed by atoms with Crippen LogP contribution in [0.2, 0.25) is 0 Å². The van der Waals surface area contributed by atoms with Crippen molar-refractivity contribution in [1.29, 1.82) is 0 Å². The normalized spacial score (nSPS) is 33.2. The largest absolute Gasteiger partial charge is 0.467 e. The molecule has 88 heavy (non-hydrogen) atoms. The molecule has 0 bridgehead atoms. The number of alkyl carbamates (subject to hydrolysis) is 2. The Balaban J connectivity index is 0.822. The van der Waals surface area contributed by atoms with Gasteiger partial charge in [0.2, 0.25) is 0 Å². The number of hydrogen-bond donors (Lipinski definition) is 16. The Hall–Kier alpha value is -5.90. The van der Waals surface area contributed by atoms with Gasteiger partial charge in [0.25, 0.3) is 0 Å². The van der Waals surface area contributed by atoms with E-state index in [0.717, 1.165) is 14.2 Å². The summed E-state index contributed by atoms with van der Waals surface area (Å²) in [7, 11) is 2.21. The second-order valence-corrected chi connectivity index (χ2v) is 20.5. The maximum absolute atomic E-state index is 13.0. The number of aromatic nitrogens is 6. The van der Waals surface area contributed by atoms with Gasteiger partial charge in [-0.05, 0) is 11.1 Å². The molecule has 494 valence electrons. The zero-order valence-electron chi connectivity index (χ0n) is 47.1. The van der Waals surface area contributed by atoms with E-state index in [1.165, 1.54) is 21.8 Å². The monoisotopic (exact) mass is 1270 g/mol. The summed E-state index contributed by atoms with van der Waals surface area (Å²) >= 11 is 0. The molecule has 3 aromatic rings. The quantitative estimate of drug-likeness (QED) is 0.0237. The van der Waals surface area contributed by atoms with Crippen LogP contribution < -0.4 is 10.6 Å². The van der Waals surface area contributed by atoms with Crippen molar-refractivity contribution in [1.82, 2.24) is 40.6 Å². The van der Waals surface area contributed by atoms with Crippen LogP contribution in [-0.4, -0.2) is 314 Å². The first kappa shape index (κ1) is 69.6. The first-order chi connectivity index (χ1) is 42.1. The highest BCUT2D eigenvalue weighted by Crippen LogP contribution is 2.32. The van der Waals surface area contributed by atoms with E-state index < -0.39 is 199 Å². The predicted octanol–water partition coefficient (Wildman–Crippen LogP) is -9.83. The Morgan fingerprint density at radius 2 is 0.875 bits per heavy atom. The van der Waals surface area contributed by atoms with Gasteiger partial charge >= 0.3 is 24.1 Å². The predicted molar refractivity (Wildman–Crippen MR) is 277 cm³/mol. The number of ether oxygens (including phenoxy) is 12. The SMILES string of the molecule is COC(=O)C(Cc1cccc(CC(NC(=O)OCc2cn(CCO[C@@H]3O[C@H](CO)[C@@H](O[C@@H]4O[C@H](CO)[C@H](O)[C@H](O)[C@H]4O)[C@H](O)[C@H]3O)nn2)C(=O)OC)c1)NC(=O)OCc1cn(CCO[C@@H]2O[C@H](CO)[C@@H](O[C@@H]3O[C@H](CO)[C@H](O)[C@H](O)[C@H]3O)[C@H](O)[C@H]2O)nn1. The summed E-state index contributed by atoms with van der Waals surface area (Å²) < 4.78 is 67.0. The first-order valence-electron chi connectivity index (χ1n) is 27.4. The van der Waals surface area contributed by atoms with Crippen LogP contribution in [0, 0.1) is 0 Å². The van der Waals surface area contributed by atoms with Crippen LogP contribution in [0.3, 0.4) is 0 Å². The summed E-state index contributed by atoms with van der Waals surface area (Å²) in [6.45, 7) is -4.36. The Bertz CT molecular complexity index is 2500. The van der Waals surface area contributed by atoms with Gasteiger partial charge in [-0.15, -0.1) is 10.2 Å². The van der Waals surface area contributed by atoms with Crippen molar-refractivity contribution in [3.05, 3.63) is 59.2 Å². The van der Waals surface area contributed by atoms with E-state index in [2.05, 4.69) is 31.3 Å². The highest BCUT2D eigenvalue weighted by Gasteiger charge is 2.53. The first-order valence-corrected chi connectivity index (χ1v) is 27.4. The maximum Gasteiger partial charge on any atom is 0.408 e. The molecule has 4 fully saturated rings. The number of carbonyl (C=O) groups is 4. The van der Waals surface area contributed by atoms with Gasteiger partial charge in [-0.3, -0.25) is 0 Å². The molecular formula is C50H74N8O30. The van der Waals surface area contributed by atoms with Crippen LogP contribution in [0.15, 0.2) is 36.7 Å². The smallest absolute Gasteiger partial charge is 0.408 e. The van der Waals surface area contributed by atoms with E-state index in [-0.39, 0.29) is 50.5 Å². The Labute approximate surface area is 498 Å². The van der Waals surface area contributed by atoms with Crippen molar-refractivity contribution in [3.8, 4) is 0 Å². The van der Waals surface area contributed by atoms with Gasteiger partial charge in [0, 0.05) is 12.8 Å². The van der Waals surface area contributed by atoms with Crippen LogP contribution in [-0.2, 0) is 106 Å². The van der Waals surface area contributed by atoms with Gasteiger partial charge in [-0.2, -0.15) is 0 Å². The zero-order valence-corrected chi connectivity index (χ0v) is 47.1. The van der Waals surface area contributed by atoms with Gasteiger partial charge < -0.3 is 139 Å². The molecule has 2 aromatic heterocycles. The van der Waals surface area contributed by atoms with Gasteiger partial charge in [0.15, 0.2) is 25.2 Å². The van der Waals surface area contributed by atoms with Crippen molar-refractivity contribution in [2.45, 2.75) is 174 Å². The number of nitrogens with zero attached hydrogens (tertiary/aromatic N) is 6. The van der Waals surface area contributed by atoms with Crippen molar-refractivity contribution < 1.29 is 148 Å². The topological polar surface area (TPSA) is 548 Å². The van der Waals surface area contributed by atoms with E-state index in [1.54, 1.807) is 24.3 Å². The lowest BCUT2D eigenvalue weighted by Gasteiger charge is -2.45. The molecule has 6 heterocycles. The summed E-state index contributed by atoms with van der Waals surface area (Å²) in [6.07, 6.45) is -32.3. The number of amides is 2. The lowest BCUT2D eigenvalue weighted by atomic mass is 9.97. The number of methoxy groups -OCH3 is 2. The molecule has 0 spiro atoms. The highest BCUT2D eigenvalue weighted by atomic mass is 16.8. The molecule has 38 nitrogen and oxygen atoms in total. The van der Waals surface area contributed by atoms with Crippen LogP contribution in [0.1, 0.15) is 22.5 Å². The number of rotatable bonds is 28. The van der Waals surface area contributed by atoms with E-state index in [0.29, 0.717) is 11.1 Å². The van der Waals surface area contributed by atoms with Crippen LogP contribution in [0.5, 0.6) is 0 Å². The number of hydrogen-bond acceptors (Lipinski definition) is 34. The maximum atomic E-state index is 13.0. The molecule has 7 rings (SSSR count). The third-order valence-electron chi connectivity index (χ3n) is 14.4. The van der Waals surface area contributed by atoms with Gasteiger partial charge in [-0.25, -0.2) is 28.5 Å². The summed E-state index contributed by atoms with van der Waals surface area (Å²) in [5.41, 5.74) is 1.27. The van der Waals surface area contributed by atoms with Gasteiger partial charge in [-0.1, -0.05) is 34.7 Å². The van der Waals surface area contributed by atoms with E-state index in [9.17, 15) is 90.7 Å². The number of aliphatic hydroxyl groups is 14. The van der Waals surface area contributed by atoms with Crippen molar-refractivity contribution in [2.24, 2.45) is 0 Å². The Morgan fingerprint density at radius 1 is 0.511 bits per heavy atom. The molecule has 0 aliphatic carbocycles. The van der Waals surface area contributed by atoms with Crippen molar-refractivity contribution in [3.63, 3.8) is 0 Å². The van der Waals surface area contributed by atoms with Crippen LogP contribution in [0.4, 0.5) is 9.59 Å². The second kappa shape index (κ2) is 32.7. The van der Waals surface area contributed by atoms with Crippen molar-refractivity contribution >= 4 is 24.1 Å². The molecule has 38 heteroatoms. The van der Waals surface area contributed by atoms with Crippen LogP contribution in [0.25, 0.3) is 0 Å². The molecule has 2 amide bonds. The number of esters is 2. The fraction of sp³-hybridized carbons (Fsp3) is 0.720. The lowest BCUT2D eigenvalue weighted by Crippen LogP contribution is -2.64. The minimum absolute atomic E-state index is 0.0205. The standard InChI is InChI=1S/C50H74N8O30/c1-77-43(73)25(51-49(75)81-19-23-13-57(55-53-23)6-8-79-45-39(71)35(67)41(29(17-61)85-45)87-47-37(69)33(65)31(63)27(15-59)83-47)11-21-4-3-5-22(10-21)12-26(44(74)78-2)52-50(76)82-20-24-14-58(56-54-24)7-9-80-46-40(72)36(68)42(30(18-62)86-46)88-48-38(70)34(66)32(64)28(16-60)84-48/h3-5,10,13-14,25-42,45-48,59-72H,6-9,11-12,15-20H2,1-2H3,(H,51,75)(H,52,76)/t25?,26?,27-,28-,29-,30-,31+,32+,33+,34+,35-,36-,37-,38-,39-,40-,41-,42-,45-,46-,47+,48+/m1/s1. The molecular weight excluding hydrogens is 1190 g/mol. The third kappa shape index (κ3) is 17.7. The molecule has 22 atom stereocenters. The fourth-order valence-electron chi connectivity index (χ4n) is 9.61. The molecule has 0 saturated carbocycles. The second-order valence-electron chi connectivity index (χ2n) is 20.5. The molecule has 2 unspecified atom stereocenters. The lowest BCUT2D eigenvalue weighted by molar-refractivity contribution is -0.359. The van der Waals surface area contributed by atoms with E-state index in [1.807, 2.05) is 0 Å². The Kier molecular flexibility index (Phi) is 25.9. The van der Waals surface area contributed by atoms with Gasteiger partial charge in [0.1, 0.15) is 134 Å². The summed E-state index contributed by atoms with van der Waals surface area (Å²) in [5.74, 6) is -1.68. The van der Waals surface area contributed by atoms with E-state index in [4.69, 9.17) is 56.8 Å². The van der Waals surface area contributed by atoms with Crippen molar-refractivity contribution in [2.75, 3.05) is 53.9 Å². The van der Waals surface area contributed by atoms with Crippen LogP contribution >= 0.6 is 0 Å². The number of carbonyl (C=O) groups excluding carboxylic acids is 4. The number of nitrogens with one attached hydrogen (secondary N) is 2. The Morgan fingerprint density at radius 3 is 1.24 bits per heavy atom. The molecule has 1 aromatic carbocycles. The van der Waals surface area contributed by atoms with E-state index >= 15 is 0 Å². The molecule has 4 aliphatic heterocycles. The summed E-state index contributed by atoms with van der Waals surface area (Å²) in [6, 6.07) is 3.90. The molecule has 4 saturated heterocycles. The average Bonchev–Trinajstić information content (AvgIpc) is 1.88. The minimum atomic E-state index is -1.84. The summed E-state index contributed by atoms with van der Waals surface area (Å²) in [5, 5.41) is 164. The minimum Gasteiger partial charge on any atom is -0.467 e. The fourth-order valence-corrected chi connectivity index (χ4v) is 9.61. The highest BCUT2D eigenvalue weighted by molar-refractivity contribution is 5.82. The summed E-state index contributed by atoms with van der Waals surface area (Å²) in [4.78, 5) is 51.7. The van der Waals surface area contributed by atoms with Gasteiger partial charge in [0.05, 0.1) is 79.3 Å². The molecule has 4 aliphatic rings. The average molecular weight is 1270 g/mol. The molecule has 0 radical (unpaired) electrons. The zero-order chi connectivity index (χ0) is 63.9. The number of aliphatic hydroxyl groups excluding tert-OH is 14. The number of benzene rings is 1.